The van der Waals surface area contributed by atoms with E-state index in [1.54, 1.807) is 16.7 Å². The molecule has 140 valence electrons. The van der Waals surface area contributed by atoms with E-state index >= 15 is 0 Å². The number of anilines is 1. The summed E-state index contributed by atoms with van der Waals surface area (Å²) < 4.78 is 1.80. The van der Waals surface area contributed by atoms with E-state index in [1.807, 2.05) is 45.3 Å². The molecule has 1 heterocycles. The van der Waals surface area contributed by atoms with Crippen LogP contribution in [0.5, 0.6) is 0 Å². The Balaban J connectivity index is 1.56. The fourth-order valence-corrected chi connectivity index (χ4v) is 3.46. The van der Waals surface area contributed by atoms with Crippen molar-refractivity contribution in [3.8, 4) is 0 Å². The lowest BCUT2D eigenvalue weighted by atomic mass is 10.1. The van der Waals surface area contributed by atoms with Gasteiger partial charge >= 0.3 is 5.69 Å². The smallest absolute Gasteiger partial charge is 0.322 e. The second-order valence-corrected chi connectivity index (χ2v) is 7.60. The molecule has 0 aliphatic heterocycles. The van der Waals surface area contributed by atoms with E-state index in [-0.39, 0.29) is 11.6 Å². The van der Waals surface area contributed by atoms with Crippen LogP contribution < -0.4 is 11.0 Å². The summed E-state index contributed by atoms with van der Waals surface area (Å²) in [5.41, 5.74) is 5.14. The topological polar surface area (TPSA) is 70.1 Å². The molecular weight excluding hydrogens is 340 g/mol. The number of hydrogen-bond acceptors (Lipinski definition) is 3. The van der Waals surface area contributed by atoms with Crippen molar-refractivity contribution in [3.63, 3.8) is 0 Å². The Morgan fingerprint density at radius 2 is 2.00 bits per heavy atom. The second-order valence-electron chi connectivity index (χ2n) is 7.60. The number of aryl methyl sites for hydroxylation is 1. The molecule has 4 rings (SSSR count). The number of carbonyl (C=O) groups excluding carboxylic acids is 1. The molecule has 2 aromatic carbocycles. The summed E-state index contributed by atoms with van der Waals surface area (Å²) in [6.45, 7) is 2.91. The summed E-state index contributed by atoms with van der Waals surface area (Å²) in [4.78, 5) is 29.8. The van der Waals surface area contributed by atoms with E-state index in [4.69, 9.17) is 0 Å². The van der Waals surface area contributed by atoms with E-state index in [2.05, 4.69) is 15.2 Å². The Bertz CT molecular complexity index is 1070. The molecular formula is C21H24N4O2. The van der Waals surface area contributed by atoms with E-state index in [1.165, 1.54) is 5.56 Å². The lowest BCUT2D eigenvalue weighted by Gasteiger charge is -2.14. The Labute approximate surface area is 157 Å². The molecule has 1 amide bonds. The Kier molecular flexibility index (Phi) is 4.36. The number of carbonyl (C=O) groups is 1. The van der Waals surface area contributed by atoms with Gasteiger partial charge < -0.3 is 15.2 Å². The highest BCUT2D eigenvalue weighted by Gasteiger charge is 2.27. The van der Waals surface area contributed by atoms with Crippen LogP contribution in [-0.2, 0) is 6.54 Å². The van der Waals surface area contributed by atoms with Crippen LogP contribution in [0.4, 0.5) is 5.69 Å². The van der Waals surface area contributed by atoms with Crippen molar-refractivity contribution in [2.45, 2.75) is 32.4 Å². The minimum absolute atomic E-state index is 0.0998. The molecule has 1 aromatic heterocycles. The number of benzene rings is 2. The van der Waals surface area contributed by atoms with Gasteiger partial charge in [-0.3, -0.25) is 9.36 Å². The van der Waals surface area contributed by atoms with Gasteiger partial charge in [-0.05, 0) is 75.3 Å². The first-order valence-electron chi connectivity index (χ1n) is 9.22. The summed E-state index contributed by atoms with van der Waals surface area (Å²) in [7, 11) is 4.07. The first-order chi connectivity index (χ1) is 12.9. The van der Waals surface area contributed by atoms with Gasteiger partial charge in [0.25, 0.3) is 5.91 Å². The minimum atomic E-state index is -0.184. The molecule has 27 heavy (non-hydrogen) atoms. The lowest BCUT2D eigenvalue weighted by Crippen LogP contribution is -2.15. The van der Waals surface area contributed by atoms with Crippen molar-refractivity contribution >= 4 is 22.6 Å². The number of aromatic nitrogens is 2. The zero-order valence-corrected chi connectivity index (χ0v) is 15.9. The lowest BCUT2D eigenvalue weighted by molar-refractivity contribution is 0.102. The number of nitrogens with one attached hydrogen (secondary N) is 2. The fraction of sp³-hybridized carbons (Fsp3) is 0.333. The maximum absolute atomic E-state index is 12.7. The summed E-state index contributed by atoms with van der Waals surface area (Å²) >= 11 is 0. The van der Waals surface area contributed by atoms with E-state index < -0.39 is 0 Å². The van der Waals surface area contributed by atoms with Crippen LogP contribution in [0.25, 0.3) is 11.0 Å². The van der Waals surface area contributed by atoms with Crippen LogP contribution in [0.2, 0.25) is 0 Å². The molecule has 6 nitrogen and oxygen atoms in total. The average Bonchev–Trinajstić information content (AvgIpc) is 3.38. The molecule has 1 saturated carbocycles. The number of amides is 1. The highest BCUT2D eigenvalue weighted by Crippen LogP contribution is 2.35. The number of hydrogen-bond donors (Lipinski definition) is 2. The van der Waals surface area contributed by atoms with Crippen LogP contribution in [0.3, 0.4) is 0 Å². The van der Waals surface area contributed by atoms with Gasteiger partial charge in [0.05, 0.1) is 11.0 Å². The largest absolute Gasteiger partial charge is 0.326 e. The van der Waals surface area contributed by atoms with E-state index in [0.717, 1.165) is 36.2 Å². The SMILES string of the molecule is Cc1cc(NC(=O)c2ccc3c(c2)[nH]c(=O)n3C2CC2)ccc1CN(C)C. The van der Waals surface area contributed by atoms with Gasteiger partial charge in [0.1, 0.15) is 0 Å². The molecule has 6 heteroatoms. The van der Waals surface area contributed by atoms with Gasteiger partial charge in [-0.1, -0.05) is 6.07 Å². The fourth-order valence-electron chi connectivity index (χ4n) is 3.46. The van der Waals surface area contributed by atoms with Crippen molar-refractivity contribution in [1.29, 1.82) is 0 Å². The Hall–Kier alpha value is -2.86. The van der Waals surface area contributed by atoms with Crippen LogP contribution in [0.1, 0.15) is 40.4 Å². The van der Waals surface area contributed by atoms with E-state index in [9.17, 15) is 9.59 Å². The van der Waals surface area contributed by atoms with Crippen LogP contribution >= 0.6 is 0 Å². The highest BCUT2D eigenvalue weighted by atomic mass is 16.2. The van der Waals surface area contributed by atoms with Crippen molar-refractivity contribution < 1.29 is 4.79 Å². The highest BCUT2D eigenvalue weighted by molar-refractivity contribution is 6.06. The number of nitrogens with zero attached hydrogens (tertiary/aromatic N) is 2. The molecule has 0 saturated heterocycles. The molecule has 0 bridgehead atoms. The van der Waals surface area contributed by atoms with Gasteiger partial charge in [-0.15, -0.1) is 0 Å². The third-order valence-electron chi connectivity index (χ3n) is 4.98. The van der Waals surface area contributed by atoms with Crippen LogP contribution in [0.15, 0.2) is 41.2 Å². The van der Waals surface area contributed by atoms with Gasteiger partial charge in [0, 0.05) is 23.8 Å². The Morgan fingerprint density at radius 3 is 2.67 bits per heavy atom. The standard InChI is InChI=1S/C21H24N4O2/c1-13-10-16(6-4-15(13)12-24(2)3)22-20(26)14-5-9-19-18(11-14)23-21(27)25(19)17-7-8-17/h4-6,9-11,17H,7-8,12H2,1-3H3,(H,22,26)(H,23,27). The summed E-state index contributed by atoms with van der Waals surface area (Å²) in [5.74, 6) is -0.184. The third-order valence-corrected chi connectivity index (χ3v) is 4.98. The van der Waals surface area contributed by atoms with Gasteiger partial charge in [-0.25, -0.2) is 4.79 Å². The van der Waals surface area contributed by atoms with Crippen molar-refractivity contribution in [2.75, 3.05) is 19.4 Å². The molecule has 3 aromatic rings. The Morgan fingerprint density at radius 1 is 1.22 bits per heavy atom. The monoisotopic (exact) mass is 364 g/mol. The summed E-state index contributed by atoms with van der Waals surface area (Å²) in [6.07, 6.45) is 2.08. The van der Waals surface area contributed by atoms with Crippen LogP contribution in [-0.4, -0.2) is 34.5 Å². The van der Waals surface area contributed by atoms with Gasteiger partial charge in [0.2, 0.25) is 0 Å². The normalized spacial score (nSPS) is 14.1. The number of rotatable bonds is 5. The molecule has 0 radical (unpaired) electrons. The molecule has 0 spiro atoms. The van der Waals surface area contributed by atoms with E-state index in [0.29, 0.717) is 17.1 Å². The molecule has 1 aliphatic carbocycles. The first-order valence-corrected chi connectivity index (χ1v) is 9.22. The number of fused-ring (bicyclic) bond motifs is 1. The average molecular weight is 364 g/mol. The van der Waals surface area contributed by atoms with Gasteiger partial charge in [-0.2, -0.15) is 0 Å². The third kappa shape index (κ3) is 3.53. The zero-order valence-electron chi connectivity index (χ0n) is 15.9. The van der Waals surface area contributed by atoms with Gasteiger partial charge in [0.15, 0.2) is 0 Å². The molecule has 1 aliphatic rings. The second kappa shape index (κ2) is 6.70. The predicted molar refractivity (Wildman–Crippen MR) is 107 cm³/mol. The van der Waals surface area contributed by atoms with Crippen molar-refractivity contribution in [3.05, 3.63) is 63.6 Å². The number of aromatic amines is 1. The number of imidazole rings is 1. The molecule has 2 N–H and O–H groups in total. The van der Waals surface area contributed by atoms with Crippen molar-refractivity contribution in [2.24, 2.45) is 0 Å². The molecule has 0 unspecified atom stereocenters. The zero-order chi connectivity index (χ0) is 19.1. The first kappa shape index (κ1) is 17.5. The summed E-state index contributed by atoms with van der Waals surface area (Å²) in [5, 5.41) is 2.95. The quantitative estimate of drug-likeness (QED) is 0.730. The van der Waals surface area contributed by atoms with Crippen molar-refractivity contribution in [1.82, 2.24) is 14.5 Å². The van der Waals surface area contributed by atoms with Crippen LogP contribution in [0, 0.1) is 6.92 Å². The molecule has 1 fully saturated rings. The maximum atomic E-state index is 12.7. The summed E-state index contributed by atoms with van der Waals surface area (Å²) in [6, 6.07) is 11.6. The minimum Gasteiger partial charge on any atom is -0.322 e. The predicted octanol–water partition coefficient (Wildman–Crippen LogP) is 3.29. The maximum Gasteiger partial charge on any atom is 0.326 e. The molecule has 0 atom stereocenters. The number of H-pyrrole nitrogens is 1.